The Kier molecular flexibility index (Phi) is 6.26. The van der Waals surface area contributed by atoms with Gasteiger partial charge in [0.2, 0.25) is 5.95 Å². The third kappa shape index (κ3) is 4.79. The van der Waals surface area contributed by atoms with E-state index in [2.05, 4.69) is 22.0 Å². The van der Waals surface area contributed by atoms with Gasteiger partial charge in [-0.15, -0.1) is 0 Å². The van der Waals surface area contributed by atoms with Crippen LogP contribution < -0.4 is 14.8 Å². The van der Waals surface area contributed by atoms with Gasteiger partial charge in [-0.05, 0) is 43.0 Å². The number of benzene rings is 2. The molecule has 10 heteroatoms. The number of hydrogen-bond donors (Lipinski definition) is 1. The maximum Gasteiger partial charge on any atom is 0.387 e. The van der Waals surface area contributed by atoms with Gasteiger partial charge in [-0.1, -0.05) is 6.92 Å². The van der Waals surface area contributed by atoms with Crippen LogP contribution in [0.25, 0.3) is 5.69 Å². The van der Waals surface area contributed by atoms with Crippen LogP contribution in [0.3, 0.4) is 0 Å². The Morgan fingerprint density at radius 1 is 1.12 bits per heavy atom. The summed E-state index contributed by atoms with van der Waals surface area (Å²) in [7, 11) is 1.30. The number of carbonyl (C=O) groups excluding carboxylic acids is 1. The number of carbonyl (C=O) groups is 1. The SMILES string of the molecule is COc1cc(F)c(-n2cc(C3CC(C)C3)nc2NC(=O)c2ccc(OC(F)F)cc2)c(F)c1. The molecule has 0 bridgehead atoms. The van der Waals surface area contributed by atoms with Crippen LogP contribution in [-0.4, -0.2) is 29.2 Å². The van der Waals surface area contributed by atoms with E-state index >= 15 is 0 Å². The van der Waals surface area contributed by atoms with Crippen LogP contribution in [-0.2, 0) is 0 Å². The monoisotopic (exact) mass is 463 g/mol. The maximum absolute atomic E-state index is 14.8. The molecule has 0 saturated heterocycles. The highest BCUT2D eigenvalue weighted by Crippen LogP contribution is 2.41. The third-order valence-electron chi connectivity index (χ3n) is 5.55. The lowest BCUT2D eigenvalue weighted by Gasteiger charge is -2.31. The highest BCUT2D eigenvalue weighted by Gasteiger charge is 2.31. The van der Waals surface area contributed by atoms with E-state index < -0.39 is 29.8 Å². The molecule has 1 heterocycles. The van der Waals surface area contributed by atoms with Crippen molar-refractivity contribution < 1.29 is 31.8 Å². The summed E-state index contributed by atoms with van der Waals surface area (Å²) in [6.45, 7) is -0.889. The van der Waals surface area contributed by atoms with E-state index in [4.69, 9.17) is 4.74 Å². The molecule has 33 heavy (non-hydrogen) atoms. The fourth-order valence-electron chi connectivity index (χ4n) is 3.85. The van der Waals surface area contributed by atoms with E-state index in [0.717, 1.165) is 29.5 Å². The first kappa shape index (κ1) is 22.6. The van der Waals surface area contributed by atoms with Crippen molar-refractivity contribution in [1.29, 1.82) is 0 Å². The summed E-state index contributed by atoms with van der Waals surface area (Å²) in [4.78, 5) is 17.2. The zero-order chi connectivity index (χ0) is 23.7. The fourth-order valence-corrected chi connectivity index (χ4v) is 3.85. The first-order chi connectivity index (χ1) is 15.7. The van der Waals surface area contributed by atoms with E-state index in [9.17, 15) is 22.4 Å². The van der Waals surface area contributed by atoms with Crippen LogP contribution in [0.15, 0.2) is 42.6 Å². The van der Waals surface area contributed by atoms with Gasteiger partial charge in [0.1, 0.15) is 17.2 Å². The number of alkyl halides is 2. The van der Waals surface area contributed by atoms with Crippen molar-refractivity contribution in [2.24, 2.45) is 5.92 Å². The van der Waals surface area contributed by atoms with Crippen LogP contribution in [0.1, 0.15) is 41.7 Å². The topological polar surface area (TPSA) is 65.4 Å². The number of imidazole rings is 1. The Balaban J connectivity index is 1.67. The molecule has 0 unspecified atom stereocenters. The van der Waals surface area contributed by atoms with E-state index in [-0.39, 0.29) is 28.9 Å². The van der Waals surface area contributed by atoms with Gasteiger partial charge in [-0.2, -0.15) is 8.78 Å². The van der Waals surface area contributed by atoms with Crippen molar-refractivity contribution in [1.82, 2.24) is 9.55 Å². The van der Waals surface area contributed by atoms with Crippen LogP contribution in [0.2, 0.25) is 0 Å². The van der Waals surface area contributed by atoms with Gasteiger partial charge in [-0.25, -0.2) is 13.8 Å². The Morgan fingerprint density at radius 2 is 1.76 bits per heavy atom. The average molecular weight is 463 g/mol. The molecule has 1 aliphatic carbocycles. The lowest BCUT2D eigenvalue weighted by molar-refractivity contribution is -0.0498. The summed E-state index contributed by atoms with van der Waals surface area (Å²) in [5, 5.41) is 2.56. The number of rotatable bonds is 7. The number of amides is 1. The Bertz CT molecular complexity index is 1140. The van der Waals surface area contributed by atoms with Crippen molar-refractivity contribution in [3.63, 3.8) is 0 Å². The fraction of sp³-hybridized carbons (Fsp3) is 0.304. The van der Waals surface area contributed by atoms with E-state index in [1.54, 1.807) is 0 Å². The van der Waals surface area contributed by atoms with Crippen molar-refractivity contribution in [3.8, 4) is 17.2 Å². The van der Waals surface area contributed by atoms with Crippen molar-refractivity contribution in [2.45, 2.75) is 32.3 Å². The number of nitrogens with one attached hydrogen (secondary N) is 1. The molecular weight excluding hydrogens is 442 g/mol. The van der Waals surface area contributed by atoms with Crippen LogP contribution >= 0.6 is 0 Å². The summed E-state index contributed by atoms with van der Waals surface area (Å²) in [6.07, 6.45) is 3.27. The summed E-state index contributed by atoms with van der Waals surface area (Å²) in [6, 6.07) is 7.11. The lowest BCUT2D eigenvalue weighted by Crippen LogP contribution is -2.19. The quantitative estimate of drug-likeness (QED) is 0.468. The standard InChI is InChI=1S/C23H21F4N3O3/c1-12-7-14(8-12)19-11-30(20-17(24)9-16(32-2)10-18(20)25)23(28-19)29-21(31)13-3-5-15(6-4-13)33-22(26)27/h3-6,9-12,14,22H,7-8H2,1-2H3,(H,28,29,31). The molecule has 1 saturated carbocycles. The minimum Gasteiger partial charge on any atom is -0.497 e. The summed E-state index contributed by atoms with van der Waals surface area (Å²) >= 11 is 0. The van der Waals surface area contributed by atoms with Crippen molar-refractivity contribution in [3.05, 3.63) is 65.5 Å². The largest absolute Gasteiger partial charge is 0.497 e. The molecule has 4 rings (SSSR count). The second-order valence-corrected chi connectivity index (χ2v) is 7.93. The number of ether oxygens (including phenoxy) is 2. The lowest BCUT2D eigenvalue weighted by atomic mass is 9.75. The summed E-state index contributed by atoms with van der Waals surface area (Å²) < 4.78 is 64.6. The molecule has 0 atom stereocenters. The zero-order valence-corrected chi connectivity index (χ0v) is 17.8. The minimum atomic E-state index is -2.99. The normalized spacial score (nSPS) is 17.5. The molecular formula is C23H21F4N3O3. The van der Waals surface area contributed by atoms with Gasteiger partial charge in [-0.3, -0.25) is 14.7 Å². The number of nitrogens with zero attached hydrogens (tertiary/aromatic N) is 2. The zero-order valence-electron chi connectivity index (χ0n) is 17.8. The van der Waals surface area contributed by atoms with Crippen LogP contribution in [0.4, 0.5) is 23.5 Å². The minimum absolute atomic E-state index is 0.0126. The molecule has 3 aromatic rings. The Labute approximate surface area is 187 Å². The summed E-state index contributed by atoms with van der Waals surface area (Å²) in [5.74, 6) is -1.93. The number of anilines is 1. The van der Waals surface area contributed by atoms with Gasteiger partial charge in [0.05, 0.1) is 12.8 Å². The third-order valence-corrected chi connectivity index (χ3v) is 5.55. The van der Waals surface area contributed by atoms with Crippen molar-refractivity contribution in [2.75, 3.05) is 12.4 Å². The number of halogens is 4. The second kappa shape index (κ2) is 9.13. The molecule has 0 spiro atoms. The molecule has 0 aliphatic heterocycles. The number of aromatic nitrogens is 2. The van der Waals surface area contributed by atoms with Gasteiger partial charge in [0, 0.05) is 29.8 Å². The average Bonchev–Trinajstić information content (AvgIpc) is 3.13. The van der Waals surface area contributed by atoms with Gasteiger partial charge < -0.3 is 9.47 Å². The Morgan fingerprint density at radius 3 is 2.30 bits per heavy atom. The van der Waals surface area contributed by atoms with E-state index in [1.807, 2.05) is 0 Å². The maximum atomic E-state index is 14.8. The smallest absolute Gasteiger partial charge is 0.387 e. The first-order valence-corrected chi connectivity index (χ1v) is 10.2. The second-order valence-electron chi connectivity index (χ2n) is 7.93. The molecule has 1 aliphatic rings. The van der Waals surface area contributed by atoms with Crippen molar-refractivity contribution >= 4 is 11.9 Å². The molecule has 2 aromatic carbocycles. The Hall–Kier alpha value is -3.56. The molecule has 174 valence electrons. The van der Waals surface area contributed by atoms with Gasteiger partial charge >= 0.3 is 6.61 Å². The van der Waals surface area contributed by atoms with Gasteiger partial charge in [0.25, 0.3) is 5.91 Å². The first-order valence-electron chi connectivity index (χ1n) is 10.2. The predicted molar refractivity (Wildman–Crippen MR) is 112 cm³/mol. The van der Waals surface area contributed by atoms with Crippen LogP contribution in [0, 0.1) is 17.6 Å². The van der Waals surface area contributed by atoms with Crippen LogP contribution in [0.5, 0.6) is 11.5 Å². The van der Waals surface area contributed by atoms with E-state index in [1.165, 1.54) is 37.6 Å². The highest BCUT2D eigenvalue weighted by atomic mass is 19.3. The predicted octanol–water partition coefficient (Wildman–Crippen LogP) is 5.53. The molecule has 6 nitrogen and oxygen atoms in total. The summed E-state index contributed by atoms with van der Waals surface area (Å²) in [5.41, 5.74) is 0.331. The number of methoxy groups -OCH3 is 1. The molecule has 1 aromatic heterocycles. The molecule has 0 radical (unpaired) electrons. The molecule has 1 fully saturated rings. The highest BCUT2D eigenvalue weighted by molar-refractivity contribution is 6.03. The molecule has 1 amide bonds. The number of hydrogen-bond acceptors (Lipinski definition) is 4. The van der Waals surface area contributed by atoms with Gasteiger partial charge in [0.15, 0.2) is 11.6 Å². The van der Waals surface area contributed by atoms with E-state index in [0.29, 0.717) is 11.6 Å². The molecule has 1 N–H and O–H groups in total.